The number of para-hydroxylation sites is 1. The highest BCUT2D eigenvalue weighted by Gasteiger charge is 2.36. The summed E-state index contributed by atoms with van der Waals surface area (Å²) in [5, 5.41) is 7.90. The zero-order valence-corrected chi connectivity index (χ0v) is 13.0. The molecule has 1 saturated heterocycles. The van der Waals surface area contributed by atoms with Crippen LogP contribution in [0.2, 0.25) is 0 Å². The van der Waals surface area contributed by atoms with E-state index >= 15 is 0 Å². The number of benzene rings is 1. The molecule has 24 heavy (non-hydrogen) atoms. The Labute approximate surface area is 135 Å². The van der Waals surface area contributed by atoms with Gasteiger partial charge in [-0.3, -0.25) is 0 Å². The molecule has 1 aromatic carbocycles. The summed E-state index contributed by atoms with van der Waals surface area (Å²) in [7, 11) is 1.55. The van der Waals surface area contributed by atoms with Gasteiger partial charge in [-0.1, -0.05) is 6.07 Å². The normalized spacial score (nSPS) is 20.5. The number of hydrogen-bond donors (Lipinski definition) is 2. The maximum atomic E-state index is 13.3. The van der Waals surface area contributed by atoms with Crippen LogP contribution in [0, 0.1) is 0 Å². The van der Waals surface area contributed by atoms with Crippen LogP contribution >= 0.6 is 0 Å². The first kappa shape index (κ1) is 15.0. The Hall–Kier alpha value is -2.55. The molecule has 0 saturated carbocycles. The second-order valence-corrected chi connectivity index (χ2v) is 5.86. The maximum absolute atomic E-state index is 13.3. The number of nitrogens with two attached hydrogens (primary N) is 1. The summed E-state index contributed by atoms with van der Waals surface area (Å²) in [6, 6.07) is 5.13. The van der Waals surface area contributed by atoms with E-state index in [1.54, 1.807) is 13.2 Å². The Bertz CT molecular complexity index is 915. The van der Waals surface area contributed by atoms with E-state index in [0.29, 0.717) is 22.7 Å². The maximum Gasteiger partial charge on any atom is 0.260 e. The largest absolute Gasteiger partial charge is 0.494 e. The van der Waals surface area contributed by atoms with Crippen molar-refractivity contribution in [1.82, 2.24) is 24.9 Å². The molecule has 7 nitrogen and oxygen atoms in total. The number of alkyl halides is 2. The van der Waals surface area contributed by atoms with Gasteiger partial charge in [-0.15, -0.1) is 5.10 Å². The van der Waals surface area contributed by atoms with E-state index in [9.17, 15) is 8.78 Å². The number of hydrogen-bond acceptors (Lipinski definition) is 6. The SMILES string of the molecule is COc1cccc2c1nc(N)n1nc(C3CCC(F)(F)CN3)nc21. The lowest BCUT2D eigenvalue weighted by atomic mass is 10.0. The molecule has 0 aliphatic carbocycles. The molecule has 0 radical (unpaired) electrons. The van der Waals surface area contributed by atoms with Crippen molar-refractivity contribution in [1.29, 1.82) is 0 Å². The van der Waals surface area contributed by atoms with Crippen LogP contribution in [0.4, 0.5) is 14.7 Å². The number of halogens is 2. The Morgan fingerprint density at radius 3 is 2.92 bits per heavy atom. The quantitative estimate of drug-likeness (QED) is 0.744. The predicted octanol–water partition coefficient (Wildman–Crippen LogP) is 1.93. The van der Waals surface area contributed by atoms with Crippen molar-refractivity contribution in [2.75, 3.05) is 19.4 Å². The van der Waals surface area contributed by atoms with E-state index in [2.05, 4.69) is 20.4 Å². The van der Waals surface area contributed by atoms with Gasteiger partial charge in [0, 0.05) is 11.8 Å². The Kier molecular flexibility index (Phi) is 3.27. The third-order valence-corrected chi connectivity index (χ3v) is 4.24. The number of nitrogens with zero attached hydrogens (tertiary/aromatic N) is 4. The highest BCUT2D eigenvalue weighted by Crippen LogP contribution is 2.32. The van der Waals surface area contributed by atoms with Crippen LogP contribution in [-0.4, -0.2) is 39.2 Å². The lowest BCUT2D eigenvalue weighted by Gasteiger charge is -2.27. The minimum atomic E-state index is -2.68. The highest BCUT2D eigenvalue weighted by molar-refractivity contribution is 5.95. The van der Waals surface area contributed by atoms with Crippen molar-refractivity contribution < 1.29 is 13.5 Å². The minimum Gasteiger partial charge on any atom is -0.494 e. The number of piperidine rings is 1. The monoisotopic (exact) mass is 334 g/mol. The Balaban J connectivity index is 1.83. The molecule has 1 unspecified atom stereocenters. The molecule has 126 valence electrons. The molecule has 3 N–H and O–H groups in total. The fourth-order valence-corrected chi connectivity index (χ4v) is 2.99. The minimum absolute atomic E-state index is 0.168. The van der Waals surface area contributed by atoms with E-state index in [-0.39, 0.29) is 31.4 Å². The Morgan fingerprint density at radius 2 is 2.21 bits per heavy atom. The third kappa shape index (κ3) is 2.32. The van der Waals surface area contributed by atoms with Gasteiger partial charge in [0.05, 0.1) is 19.7 Å². The number of rotatable bonds is 2. The molecule has 0 amide bonds. The van der Waals surface area contributed by atoms with Gasteiger partial charge in [0.25, 0.3) is 5.92 Å². The highest BCUT2D eigenvalue weighted by atomic mass is 19.3. The van der Waals surface area contributed by atoms with Gasteiger partial charge in [-0.05, 0) is 18.6 Å². The molecule has 1 aliphatic rings. The lowest BCUT2D eigenvalue weighted by Crippen LogP contribution is -2.41. The molecule has 3 aromatic rings. The van der Waals surface area contributed by atoms with Crippen molar-refractivity contribution in [2.24, 2.45) is 0 Å². The van der Waals surface area contributed by atoms with Gasteiger partial charge >= 0.3 is 0 Å². The van der Waals surface area contributed by atoms with Crippen LogP contribution in [-0.2, 0) is 0 Å². The second-order valence-electron chi connectivity index (χ2n) is 5.86. The summed E-state index contributed by atoms with van der Waals surface area (Å²) in [4.78, 5) is 8.85. The van der Waals surface area contributed by atoms with Crippen LogP contribution in [0.5, 0.6) is 5.75 Å². The molecule has 1 aliphatic heterocycles. The molecule has 2 aromatic heterocycles. The van der Waals surface area contributed by atoms with Crippen LogP contribution < -0.4 is 15.8 Å². The third-order valence-electron chi connectivity index (χ3n) is 4.24. The molecule has 0 spiro atoms. The standard InChI is InChI=1S/C15H16F2N6O/c1-24-10-4-2-3-8-11(10)20-14(18)23-13(8)21-12(22-23)9-5-6-15(16,17)7-19-9/h2-4,9,19H,5-7H2,1H3,(H2,18,20). The molecular weight excluding hydrogens is 318 g/mol. The second kappa shape index (κ2) is 5.23. The van der Waals surface area contributed by atoms with Gasteiger partial charge in [0.15, 0.2) is 11.5 Å². The zero-order chi connectivity index (χ0) is 16.9. The van der Waals surface area contributed by atoms with E-state index in [1.165, 1.54) is 4.52 Å². The van der Waals surface area contributed by atoms with Gasteiger partial charge < -0.3 is 15.8 Å². The molecule has 1 atom stereocenters. The number of fused-ring (bicyclic) bond motifs is 3. The van der Waals surface area contributed by atoms with Crippen molar-refractivity contribution in [3.05, 3.63) is 24.0 Å². The van der Waals surface area contributed by atoms with E-state index in [1.807, 2.05) is 12.1 Å². The van der Waals surface area contributed by atoms with Crippen molar-refractivity contribution in [3.63, 3.8) is 0 Å². The van der Waals surface area contributed by atoms with Crippen molar-refractivity contribution in [3.8, 4) is 5.75 Å². The summed E-state index contributed by atoms with van der Waals surface area (Å²) in [5.74, 6) is -1.49. The van der Waals surface area contributed by atoms with Gasteiger partial charge in [0.1, 0.15) is 11.3 Å². The van der Waals surface area contributed by atoms with E-state index in [0.717, 1.165) is 5.39 Å². The summed E-state index contributed by atoms with van der Waals surface area (Å²) in [6.07, 6.45) is 0.0704. The van der Waals surface area contributed by atoms with Crippen molar-refractivity contribution in [2.45, 2.75) is 24.8 Å². The van der Waals surface area contributed by atoms with Crippen LogP contribution in [0.25, 0.3) is 16.6 Å². The first-order valence-electron chi connectivity index (χ1n) is 7.58. The number of anilines is 1. The number of ether oxygens (including phenoxy) is 1. The van der Waals surface area contributed by atoms with Crippen molar-refractivity contribution >= 4 is 22.5 Å². The zero-order valence-electron chi connectivity index (χ0n) is 13.0. The molecule has 9 heteroatoms. The fourth-order valence-electron chi connectivity index (χ4n) is 2.99. The van der Waals surface area contributed by atoms with Gasteiger partial charge in [0.2, 0.25) is 5.95 Å². The van der Waals surface area contributed by atoms with E-state index in [4.69, 9.17) is 10.5 Å². The Morgan fingerprint density at radius 1 is 1.38 bits per heavy atom. The number of nitrogen functional groups attached to an aromatic ring is 1. The summed E-state index contributed by atoms with van der Waals surface area (Å²) < 4.78 is 33.3. The summed E-state index contributed by atoms with van der Waals surface area (Å²) in [6.45, 7) is -0.379. The predicted molar refractivity (Wildman–Crippen MR) is 84.2 cm³/mol. The van der Waals surface area contributed by atoms with Gasteiger partial charge in [-0.2, -0.15) is 4.52 Å². The van der Waals surface area contributed by atoms with Gasteiger partial charge in [-0.25, -0.2) is 18.7 Å². The topological polar surface area (TPSA) is 90.4 Å². The molecule has 4 rings (SSSR count). The van der Waals surface area contributed by atoms with Crippen LogP contribution in [0.3, 0.4) is 0 Å². The van der Waals surface area contributed by atoms with Crippen LogP contribution in [0.1, 0.15) is 24.7 Å². The number of nitrogens with one attached hydrogen (secondary N) is 1. The first-order valence-corrected chi connectivity index (χ1v) is 7.58. The van der Waals surface area contributed by atoms with Crippen LogP contribution in [0.15, 0.2) is 18.2 Å². The molecule has 0 bridgehead atoms. The summed E-state index contributed by atoms with van der Waals surface area (Å²) in [5.41, 5.74) is 7.11. The average Bonchev–Trinajstić information content (AvgIpc) is 3.00. The number of aromatic nitrogens is 4. The summed E-state index contributed by atoms with van der Waals surface area (Å²) >= 11 is 0. The molecule has 1 fully saturated rings. The smallest absolute Gasteiger partial charge is 0.260 e. The molecular formula is C15H16F2N6O. The molecule has 3 heterocycles. The lowest BCUT2D eigenvalue weighted by molar-refractivity contribution is -0.0309. The average molecular weight is 334 g/mol. The number of methoxy groups -OCH3 is 1. The first-order chi connectivity index (χ1) is 11.5. The fraction of sp³-hybridized carbons (Fsp3) is 0.400. The van der Waals surface area contributed by atoms with E-state index < -0.39 is 5.92 Å².